The SMILES string of the molecule is CC[C@H](C)Oc1ccc(/C=c2\sc3nc4ccccc4n3c2=O)cc1. The third-order valence-corrected chi connectivity index (χ3v) is 5.20. The highest BCUT2D eigenvalue weighted by Crippen LogP contribution is 2.17. The van der Waals surface area contributed by atoms with Gasteiger partial charge < -0.3 is 4.74 Å². The van der Waals surface area contributed by atoms with E-state index in [0.29, 0.717) is 4.53 Å². The van der Waals surface area contributed by atoms with Crippen LogP contribution in [0, 0.1) is 0 Å². The van der Waals surface area contributed by atoms with Crippen LogP contribution < -0.4 is 14.8 Å². The van der Waals surface area contributed by atoms with Crippen molar-refractivity contribution in [1.82, 2.24) is 9.38 Å². The lowest BCUT2D eigenvalue weighted by atomic mass is 10.2. The van der Waals surface area contributed by atoms with Crippen LogP contribution in [0.4, 0.5) is 0 Å². The number of hydrogen-bond acceptors (Lipinski definition) is 4. The molecule has 0 bridgehead atoms. The van der Waals surface area contributed by atoms with Crippen molar-refractivity contribution in [1.29, 1.82) is 0 Å². The fraction of sp³-hybridized carbons (Fsp3) is 0.200. The average molecular weight is 350 g/mol. The van der Waals surface area contributed by atoms with E-state index >= 15 is 0 Å². The molecular formula is C20H18N2O2S. The molecule has 4 rings (SSSR count). The highest BCUT2D eigenvalue weighted by Gasteiger charge is 2.10. The Labute approximate surface area is 149 Å². The molecule has 4 aromatic rings. The van der Waals surface area contributed by atoms with E-state index in [1.54, 1.807) is 4.40 Å². The molecule has 2 aromatic heterocycles. The van der Waals surface area contributed by atoms with Crippen LogP contribution in [0.25, 0.3) is 22.1 Å². The van der Waals surface area contributed by atoms with E-state index in [1.807, 2.05) is 54.6 Å². The predicted molar refractivity (Wildman–Crippen MR) is 102 cm³/mol. The zero-order valence-corrected chi connectivity index (χ0v) is 14.9. The molecule has 0 aliphatic heterocycles. The second-order valence-electron chi connectivity index (χ2n) is 6.04. The van der Waals surface area contributed by atoms with Gasteiger partial charge in [0.05, 0.1) is 21.7 Å². The summed E-state index contributed by atoms with van der Waals surface area (Å²) in [6.45, 7) is 4.15. The maximum absolute atomic E-state index is 12.7. The molecule has 0 N–H and O–H groups in total. The van der Waals surface area contributed by atoms with Gasteiger partial charge in [0.2, 0.25) is 0 Å². The Hall–Kier alpha value is -2.66. The fourth-order valence-electron chi connectivity index (χ4n) is 2.72. The minimum Gasteiger partial charge on any atom is -0.491 e. The lowest BCUT2D eigenvalue weighted by molar-refractivity contribution is 0.217. The molecule has 25 heavy (non-hydrogen) atoms. The maximum Gasteiger partial charge on any atom is 0.274 e. The minimum absolute atomic E-state index is 0.0198. The van der Waals surface area contributed by atoms with Crippen LogP contribution in [-0.4, -0.2) is 15.5 Å². The zero-order chi connectivity index (χ0) is 17.4. The lowest BCUT2D eigenvalue weighted by Gasteiger charge is -2.12. The topological polar surface area (TPSA) is 43.6 Å². The molecule has 0 aliphatic carbocycles. The Bertz CT molecular complexity index is 1140. The molecule has 126 valence electrons. The van der Waals surface area contributed by atoms with Crippen LogP contribution >= 0.6 is 11.3 Å². The number of benzene rings is 2. The molecule has 5 heteroatoms. The standard InChI is InChI=1S/C20H18N2O2S/c1-3-13(2)24-15-10-8-14(9-11-15)12-18-19(23)22-17-7-5-4-6-16(17)21-20(22)25-18/h4-13H,3H2,1-2H3/b18-12-/t13-/m0/s1. The van der Waals surface area contributed by atoms with E-state index in [4.69, 9.17) is 4.74 Å². The number of hydrogen-bond donors (Lipinski definition) is 0. The van der Waals surface area contributed by atoms with Crippen molar-refractivity contribution in [2.75, 3.05) is 0 Å². The largest absolute Gasteiger partial charge is 0.491 e. The highest BCUT2D eigenvalue weighted by molar-refractivity contribution is 7.15. The third-order valence-electron chi connectivity index (χ3n) is 4.24. The summed E-state index contributed by atoms with van der Waals surface area (Å²) < 4.78 is 8.16. The van der Waals surface area contributed by atoms with E-state index < -0.39 is 0 Å². The second kappa shape index (κ2) is 6.33. The van der Waals surface area contributed by atoms with Gasteiger partial charge in [-0.3, -0.25) is 4.79 Å². The molecule has 0 saturated carbocycles. The Kier molecular flexibility index (Phi) is 4.01. The number of fused-ring (bicyclic) bond motifs is 3. The van der Waals surface area contributed by atoms with Crippen LogP contribution in [0.5, 0.6) is 5.75 Å². The average Bonchev–Trinajstić information content (AvgIpc) is 3.13. The predicted octanol–water partition coefficient (Wildman–Crippen LogP) is 3.63. The smallest absolute Gasteiger partial charge is 0.274 e. The van der Waals surface area contributed by atoms with Crippen LogP contribution in [0.15, 0.2) is 53.3 Å². The summed E-state index contributed by atoms with van der Waals surface area (Å²) in [5, 5.41) is 0. The molecule has 1 atom stereocenters. The van der Waals surface area contributed by atoms with E-state index in [0.717, 1.165) is 33.7 Å². The normalized spacial score (nSPS) is 13.6. The van der Waals surface area contributed by atoms with Crippen LogP contribution in [-0.2, 0) is 0 Å². The first kappa shape index (κ1) is 15.8. The summed E-state index contributed by atoms with van der Waals surface area (Å²) in [6, 6.07) is 15.5. The van der Waals surface area contributed by atoms with Crippen molar-refractivity contribution < 1.29 is 4.74 Å². The van der Waals surface area contributed by atoms with E-state index in [2.05, 4.69) is 18.8 Å². The number of para-hydroxylation sites is 2. The third kappa shape index (κ3) is 2.91. The monoisotopic (exact) mass is 350 g/mol. The molecule has 2 aromatic carbocycles. The maximum atomic E-state index is 12.7. The molecule has 0 saturated heterocycles. The molecule has 4 nitrogen and oxygen atoms in total. The fourth-order valence-corrected chi connectivity index (χ4v) is 3.71. The van der Waals surface area contributed by atoms with Crippen molar-refractivity contribution in [2.45, 2.75) is 26.4 Å². The van der Waals surface area contributed by atoms with Crippen LogP contribution in [0.2, 0.25) is 0 Å². The van der Waals surface area contributed by atoms with Crippen molar-refractivity contribution in [3.63, 3.8) is 0 Å². The number of rotatable bonds is 4. The summed E-state index contributed by atoms with van der Waals surface area (Å²) in [5.74, 6) is 0.848. The van der Waals surface area contributed by atoms with Gasteiger partial charge in [0.1, 0.15) is 5.75 Å². The van der Waals surface area contributed by atoms with Crippen LogP contribution in [0.3, 0.4) is 0 Å². The Morgan fingerprint density at radius 3 is 2.72 bits per heavy atom. The number of ether oxygens (including phenoxy) is 1. The number of nitrogens with zero attached hydrogens (tertiary/aromatic N) is 2. The molecular weight excluding hydrogens is 332 g/mol. The Balaban J connectivity index is 1.74. The number of thiazole rings is 1. The molecule has 0 radical (unpaired) electrons. The molecule has 0 spiro atoms. The number of aromatic nitrogens is 2. The summed E-state index contributed by atoms with van der Waals surface area (Å²) in [4.78, 5) is 18.0. The van der Waals surface area contributed by atoms with Gasteiger partial charge in [-0.1, -0.05) is 42.5 Å². The number of imidazole rings is 1. The Morgan fingerprint density at radius 1 is 1.20 bits per heavy atom. The van der Waals surface area contributed by atoms with Gasteiger partial charge in [0, 0.05) is 0 Å². The Morgan fingerprint density at radius 2 is 1.96 bits per heavy atom. The van der Waals surface area contributed by atoms with Gasteiger partial charge in [-0.15, -0.1) is 0 Å². The minimum atomic E-state index is -0.0198. The van der Waals surface area contributed by atoms with Crippen molar-refractivity contribution >= 4 is 33.4 Å². The first-order valence-corrected chi connectivity index (χ1v) is 9.16. The molecule has 0 unspecified atom stereocenters. The highest BCUT2D eigenvalue weighted by atomic mass is 32.1. The second-order valence-corrected chi connectivity index (χ2v) is 7.05. The molecule has 2 heterocycles. The summed E-state index contributed by atoms with van der Waals surface area (Å²) in [7, 11) is 0. The first-order chi connectivity index (χ1) is 12.2. The van der Waals surface area contributed by atoms with Gasteiger partial charge in [-0.05, 0) is 49.2 Å². The van der Waals surface area contributed by atoms with Gasteiger partial charge in [-0.25, -0.2) is 9.38 Å². The molecule has 0 fully saturated rings. The van der Waals surface area contributed by atoms with Crippen LogP contribution in [0.1, 0.15) is 25.8 Å². The van der Waals surface area contributed by atoms with Crippen molar-refractivity contribution in [3.8, 4) is 5.75 Å². The van der Waals surface area contributed by atoms with E-state index in [-0.39, 0.29) is 11.7 Å². The van der Waals surface area contributed by atoms with E-state index in [9.17, 15) is 4.79 Å². The summed E-state index contributed by atoms with van der Waals surface area (Å²) in [6.07, 6.45) is 3.07. The quantitative estimate of drug-likeness (QED) is 0.564. The summed E-state index contributed by atoms with van der Waals surface area (Å²) >= 11 is 1.42. The zero-order valence-electron chi connectivity index (χ0n) is 14.1. The van der Waals surface area contributed by atoms with E-state index in [1.165, 1.54) is 11.3 Å². The van der Waals surface area contributed by atoms with Gasteiger partial charge >= 0.3 is 0 Å². The van der Waals surface area contributed by atoms with Crippen molar-refractivity contribution in [3.05, 3.63) is 69.0 Å². The molecule has 0 aliphatic rings. The van der Waals surface area contributed by atoms with Gasteiger partial charge in [0.15, 0.2) is 4.96 Å². The van der Waals surface area contributed by atoms with Gasteiger partial charge in [0.25, 0.3) is 5.56 Å². The first-order valence-electron chi connectivity index (χ1n) is 8.34. The summed E-state index contributed by atoms with van der Waals surface area (Å²) in [5.41, 5.74) is 2.66. The van der Waals surface area contributed by atoms with Gasteiger partial charge in [-0.2, -0.15) is 0 Å². The molecule has 0 amide bonds. The lowest BCUT2D eigenvalue weighted by Crippen LogP contribution is -2.22. The van der Waals surface area contributed by atoms with Crippen molar-refractivity contribution in [2.24, 2.45) is 0 Å².